The van der Waals surface area contributed by atoms with Crippen molar-refractivity contribution in [2.45, 2.75) is 0 Å². The van der Waals surface area contributed by atoms with E-state index in [1.807, 2.05) is 6.07 Å². The van der Waals surface area contributed by atoms with E-state index < -0.39 is 5.95 Å². The molecule has 0 aliphatic rings. The number of hydrogen-bond donors (Lipinski definition) is 1. The molecule has 2 N–H and O–H groups in total. The van der Waals surface area contributed by atoms with Crippen LogP contribution < -0.4 is 10.5 Å². The zero-order valence-corrected chi connectivity index (χ0v) is 10.8. The van der Waals surface area contributed by atoms with Crippen molar-refractivity contribution in [2.24, 2.45) is 0 Å². The quantitative estimate of drug-likeness (QED) is 0.856. The minimum Gasteiger partial charge on any atom is -0.437 e. The fourth-order valence-corrected chi connectivity index (χ4v) is 1.65. The lowest BCUT2D eigenvalue weighted by molar-refractivity contribution is 0.446. The Labute approximate surface area is 118 Å². The summed E-state index contributed by atoms with van der Waals surface area (Å²) in [5.74, 6) is -0.812. The van der Waals surface area contributed by atoms with Crippen LogP contribution in [-0.4, -0.2) is 4.98 Å². The van der Waals surface area contributed by atoms with Gasteiger partial charge in [0.15, 0.2) is 0 Å². The number of rotatable bonds is 2. The zero-order valence-electron chi connectivity index (χ0n) is 9.32. The fraction of sp³-hybridized carbons (Fsp3) is 0. The van der Waals surface area contributed by atoms with Crippen LogP contribution in [0, 0.1) is 17.3 Å². The van der Waals surface area contributed by atoms with Crippen LogP contribution >= 0.6 is 23.2 Å². The van der Waals surface area contributed by atoms with Gasteiger partial charge in [0.25, 0.3) is 0 Å². The van der Waals surface area contributed by atoms with Gasteiger partial charge in [-0.3, -0.25) is 0 Å². The summed E-state index contributed by atoms with van der Waals surface area (Å²) in [7, 11) is 0. The van der Waals surface area contributed by atoms with Crippen LogP contribution in [0.25, 0.3) is 0 Å². The number of nitrogen functional groups attached to an aromatic ring is 1. The Kier molecular flexibility index (Phi) is 3.74. The molecule has 96 valence electrons. The van der Waals surface area contributed by atoms with E-state index in [9.17, 15) is 4.39 Å². The summed E-state index contributed by atoms with van der Waals surface area (Å²) in [5.41, 5.74) is 5.84. The molecule has 0 spiro atoms. The Morgan fingerprint density at radius 2 is 1.84 bits per heavy atom. The van der Waals surface area contributed by atoms with Gasteiger partial charge in [-0.15, -0.1) is 0 Å². The molecule has 0 fully saturated rings. The van der Waals surface area contributed by atoms with Gasteiger partial charge in [-0.25, -0.2) is 0 Å². The van der Waals surface area contributed by atoms with Crippen molar-refractivity contribution in [1.82, 2.24) is 4.98 Å². The van der Waals surface area contributed by atoms with Gasteiger partial charge in [0.05, 0.1) is 17.3 Å². The summed E-state index contributed by atoms with van der Waals surface area (Å²) in [6, 6.07) is 8.10. The van der Waals surface area contributed by atoms with Crippen molar-refractivity contribution in [3.63, 3.8) is 0 Å². The molecule has 1 aromatic heterocycles. The standard InChI is InChI=1S/C12H6Cl2FN3O/c13-8-10(17)9(14)12(18-11(8)15)19-7-3-1-6(5-16)2-4-7/h1-4H,(H2,17,18). The lowest BCUT2D eigenvalue weighted by Gasteiger charge is -2.09. The summed E-state index contributed by atoms with van der Waals surface area (Å²) in [5, 5.41) is 8.24. The first-order chi connectivity index (χ1) is 9.02. The fourth-order valence-electron chi connectivity index (χ4n) is 1.29. The highest BCUT2D eigenvalue weighted by molar-refractivity contribution is 6.39. The van der Waals surface area contributed by atoms with Gasteiger partial charge >= 0.3 is 0 Å². The lowest BCUT2D eigenvalue weighted by Crippen LogP contribution is -1.98. The van der Waals surface area contributed by atoms with Crippen LogP contribution in [0.15, 0.2) is 24.3 Å². The van der Waals surface area contributed by atoms with Gasteiger partial charge in [0.1, 0.15) is 15.8 Å². The van der Waals surface area contributed by atoms with Crippen molar-refractivity contribution in [1.29, 1.82) is 5.26 Å². The molecule has 1 heterocycles. The minimum absolute atomic E-state index is 0.0734. The van der Waals surface area contributed by atoms with E-state index in [4.69, 9.17) is 38.9 Å². The number of nitrogens with two attached hydrogens (primary N) is 1. The average molecular weight is 298 g/mol. The van der Waals surface area contributed by atoms with Crippen LogP contribution in [0.3, 0.4) is 0 Å². The molecular formula is C12H6Cl2FN3O. The molecule has 0 bridgehead atoms. The summed E-state index contributed by atoms with van der Waals surface area (Å²) < 4.78 is 18.6. The summed E-state index contributed by atoms with van der Waals surface area (Å²) in [6.07, 6.45) is 0. The summed E-state index contributed by atoms with van der Waals surface area (Å²) in [4.78, 5) is 3.47. The number of aromatic nitrogens is 1. The maximum absolute atomic E-state index is 13.3. The predicted molar refractivity (Wildman–Crippen MR) is 69.9 cm³/mol. The lowest BCUT2D eigenvalue weighted by atomic mass is 10.2. The smallest absolute Gasteiger partial charge is 0.243 e. The highest BCUT2D eigenvalue weighted by Crippen LogP contribution is 2.37. The number of hydrogen-bond acceptors (Lipinski definition) is 4. The Morgan fingerprint density at radius 1 is 1.21 bits per heavy atom. The van der Waals surface area contributed by atoms with Gasteiger partial charge in [0.2, 0.25) is 11.8 Å². The van der Waals surface area contributed by atoms with Gasteiger partial charge in [-0.2, -0.15) is 14.6 Å². The Hall–Kier alpha value is -2.03. The number of halogens is 3. The average Bonchev–Trinajstić information content (AvgIpc) is 2.43. The van der Waals surface area contributed by atoms with Crippen LogP contribution in [0.2, 0.25) is 10.0 Å². The number of nitrogens with zero attached hydrogens (tertiary/aromatic N) is 2. The van der Waals surface area contributed by atoms with E-state index >= 15 is 0 Å². The minimum atomic E-state index is -0.966. The third-order valence-electron chi connectivity index (χ3n) is 2.24. The SMILES string of the molecule is N#Cc1ccc(Oc2nc(F)c(Cl)c(N)c2Cl)cc1. The molecule has 2 aromatic rings. The van der Waals surface area contributed by atoms with E-state index in [-0.39, 0.29) is 21.6 Å². The molecule has 1 aromatic carbocycles. The molecule has 0 aliphatic heterocycles. The third kappa shape index (κ3) is 2.70. The number of nitriles is 1. The summed E-state index contributed by atoms with van der Waals surface area (Å²) in [6.45, 7) is 0. The second-order valence-electron chi connectivity index (χ2n) is 3.49. The maximum Gasteiger partial charge on any atom is 0.243 e. The van der Waals surface area contributed by atoms with Crippen molar-refractivity contribution >= 4 is 28.9 Å². The monoisotopic (exact) mass is 297 g/mol. The number of benzene rings is 1. The van der Waals surface area contributed by atoms with Crippen molar-refractivity contribution in [3.05, 3.63) is 45.8 Å². The van der Waals surface area contributed by atoms with Crippen LogP contribution in [-0.2, 0) is 0 Å². The maximum atomic E-state index is 13.3. The first-order valence-electron chi connectivity index (χ1n) is 5.01. The number of anilines is 1. The molecule has 7 heteroatoms. The zero-order chi connectivity index (χ0) is 14.0. The van der Waals surface area contributed by atoms with Crippen LogP contribution in [0.5, 0.6) is 11.6 Å². The Bertz CT molecular complexity index is 668. The largest absolute Gasteiger partial charge is 0.437 e. The molecular weight excluding hydrogens is 292 g/mol. The molecule has 4 nitrogen and oxygen atoms in total. The molecule has 0 unspecified atom stereocenters. The van der Waals surface area contributed by atoms with Gasteiger partial charge < -0.3 is 10.5 Å². The molecule has 2 rings (SSSR count). The van der Waals surface area contributed by atoms with Gasteiger partial charge in [0, 0.05) is 0 Å². The van der Waals surface area contributed by atoms with E-state index in [1.54, 1.807) is 12.1 Å². The molecule has 0 amide bonds. The van der Waals surface area contributed by atoms with Crippen molar-refractivity contribution in [3.8, 4) is 17.7 Å². The van der Waals surface area contributed by atoms with Crippen molar-refractivity contribution < 1.29 is 9.13 Å². The second-order valence-corrected chi connectivity index (χ2v) is 4.24. The van der Waals surface area contributed by atoms with E-state index in [0.29, 0.717) is 11.3 Å². The topological polar surface area (TPSA) is 71.9 Å². The Balaban J connectivity index is 2.36. The summed E-state index contributed by atoms with van der Waals surface area (Å²) >= 11 is 11.4. The molecule has 0 saturated heterocycles. The molecule has 0 aliphatic carbocycles. The van der Waals surface area contributed by atoms with Crippen molar-refractivity contribution in [2.75, 3.05) is 5.73 Å². The second kappa shape index (κ2) is 5.31. The predicted octanol–water partition coefficient (Wildman–Crippen LogP) is 3.77. The Morgan fingerprint density at radius 3 is 2.42 bits per heavy atom. The van der Waals surface area contributed by atoms with Gasteiger partial charge in [-0.05, 0) is 24.3 Å². The van der Waals surface area contributed by atoms with Crippen LogP contribution in [0.4, 0.5) is 10.1 Å². The van der Waals surface area contributed by atoms with Gasteiger partial charge in [-0.1, -0.05) is 23.2 Å². The highest BCUT2D eigenvalue weighted by Gasteiger charge is 2.16. The van der Waals surface area contributed by atoms with Crippen LogP contribution in [0.1, 0.15) is 5.56 Å². The highest BCUT2D eigenvalue weighted by atomic mass is 35.5. The van der Waals surface area contributed by atoms with E-state index in [0.717, 1.165) is 0 Å². The number of pyridine rings is 1. The van der Waals surface area contributed by atoms with E-state index in [1.165, 1.54) is 12.1 Å². The first-order valence-corrected chi connectivity index (χ1v) is 5.76. The third-order valence-corrected chi connectivity index (χ3v) is 2.96. The molecule has 0 saturated carbocycles. The first kappa shape index (κ1) is 13.4. The number of ether oxygens (including phenoxy) is 1. The van der Waals surface area contributed by atoms with E-state index in [2.05, 4.69) is 4.98 Å². The molecule has 0 radical (unpaired) electrons. The molecule has 19 heavy (non-hydrogen) atoms. The molecule has 0 atom stereocenters. The normalized spacial score (nSPS) is 10.0.